The summed E-state index contributed by atoms with van der Waals surface area (Å²) < 4.78 is 5.41. The minimum atomic E-state index is -0.497. The van der Waals surface area contributed by atoms with E-state index < -0.39 is 11.9 Å². The monoisotopic (exact) mass is 413 g/mol. The van der Waals surface area contributed by atoms with Gasteiger partial charge in [-0.3, -0.25) is 9.78 Å². The molecule has 156 valence electrons. The lowest BCUT2D eigenvalue weighted by Crippen LogP contribution is -2.23. The summed E-state index contributed by atoms with van der Waals surface area (Å²) in [5, 5.41) is 12.2. The average molecular weight is 413 g/mol. The fourth-order valence-corrected chi connectivity index (χ4v) is 3.99. The quantitative estimate of drug-likeness (QED) is 0.632. The number of ether oxygens (including phenoxy) is 1. The Morgan fingerprint density at radius 2 is 1.97 bits per heavy atom. The molecule has 0 spiro atoms. The van der Waals surface area contributed by atoms with Gasteiger partial charge in [-0.25, -0.2) is 4.79 Å². The van der Waals surface area contributed by atoms with Crippen LogP contribution >= 0.6 is 0 Å². The van der Waals surface area contributed by atoms with Gasteiger partial charge in [0.05, 0.1) is 23.6 Å². The number of nitriles is 1. The van der Waals surface area contributed by atoms with E-state index in [9.17, 15) is 9.59 Å². The summed E-state index contributed by atoms with van der Waals surface area (Å²) >= 11 is 0. The van der Waals surface area contributed by atoms with Crippen molar-refractivity contribution in [2.24, 2.45) is 5.92 Å². The Labute approximate surface area is 180 Å². The largest absolute Gasteiger partial charge is 0.452 e. The van der Waals surface area contributed by atoms with Gasteiger partial charge in [0, 0.05) is 16.8 Å². The molecule has 1 atom stereocenters. The molecule has 1 aliphatic rings. The molecule has 0 unspecified atom stereocenters. The van der Waals surface area contributed by atoms with Gasteiger partial charge in [0.15, 0.2) is 6.61 Å². The molecular weight excluding hydrogens is 390 g/mol. The van der Waals surface area contributed by atoms with E-state index in [1.165, 1.54) is 0 Å². The number of aryl methyl sites for hydroxylation is 1. The zero-order chi connectivity index (χ0) is 21.8. The van der Waals surface area contributed by atoms with Gasteiger partial charge >= 0.3 is 5.97 Å². The number of anilines is 1. The second-order valence-electron chi connectivity index (χ2n) is 7.93. The number of esters is 1. The van der Waals surface area contributed by atoms with E-state index in [2.05, 4.69) is 18.3 Å². The number of amides is 1. The molecule has 31 heavy (non-hydrogen) atoms. The number of nitrogens with zero attached hydrogens (tertiary/aromatic N) is 2. The highest BCUT2D eigenvalue weighted by atomic mass is 16.5. The Bertz CT molecular complexity index is 1180. The molecule has 3 aromatic rings. The molecule has 6 heteroatoms. The molecule has 6 nitrogen and oxygen atoms in total. The standard InChI is InChI=1S/C25H23N3O3/c1-16-6-11-22-20(14-16)24(19-4-2-3-5-21(19)28-22)25(30)31-15-23(29)27-18-9-7-17(8-10-18)12-13-26/h2-5,7-10,16H,6,11-12,14-15H2,1H3,(H,27,29)/t16-/m1/s1. The maximum absolute atomic E-state index is 13.1. The van der Waals surface area contributed by atoms with E-state index in [1.54, 1.807) is 24.3 Å². The molecule has 1 aromatic heterocycles. The van der Waals surface area contributed by atoms with Crippen LogP contribution < -0.4 is 5.32 Å². The van der Waals surface area contributed by atoms with Crippen LogP contribution in [-0.2, 0) is 28.8 Å². The average Bonchev–Trinajstić information content (AvgIpc) is 2.77. The van der Waals surface area contributed by atoms with Crippen LogP contribution in [0.2, 0.25) is 0 Å². The normalized spacial score (nSPS) is 15.0. The fourth-order valence-electron chi connectivity index (χ4n) is 3.99. The van der Waals surface area contributed by atoms with E-state index in [0.717, 1.165) is 47.0 Å². The van der Waals surface area contributed by atoms with E-state index in [-0.39, 0.29) is 6.61 Å². The van der Waals surface area contributed by atoms with Crippen molar-refractivity contribution >= 4 is 28.5 Å². The smallest absolute Gasteiger partial charge is 0.339 e. The van der Waals surface area contributed by atoms with Crippen molar-refractivity contribution < 1.29 is 14.3 Å². The van der Waals surface area contributed by atoms with Crippen LogP contribution in [0.25, 0.3) is 10.9 Å². The second kappa shape index (κ2) is 8.97. The van der Waals surface area contributed by atoms with E-state index >= 15 is 0 Å². The van der Waals surface area contributed by atoms with Crippen LogP contribution in [-0.4, -0.2) is 23.5 Å². The lowest BCUT2D eigenvalue weighted by molar-refractivity contribution is -0.119. The van der Waals surface area contributed by atoms with Crippen LogP contribution in [0.3, 0.4) is 0 Å². The first-order valence-corrected chi connectivity index (χ1v) is 10.4. The van der Waals surface area contributed by atoms with Crippen LogP contribution in [0, 0.1) is 17.2 Å². The van der Waals surface area contributed by atoms with Crippen LogP contribution in [0.5, 0.6) is 0 Å². The summed E-state index contributed by atoms with van der Waals surface area (Å²) in [6.45, 7) is 1.79. The molecule has 1 aliphatic carbocycles. The molecule has 0 aliphatic heterocycles. The molecule has 0 saturated heterocycles. The van der Waals surface area contributed by atoms with Crippen molar-refractivity contribution in [1.29, 1.82) is 5.26 Å². The third-order valence-corrected chi connectivity index (χ3v) is 5.56. The van der Waals surface area contributed by atoms with Gasteiger partial charge in [0.1, 0.15) is 0 Å². The predicted molar refractivity (Wildman–Crippen MR) is 118 cm³/mol. The van der Waals surface area contributed by atoms with Crippen molar-refractivity contribution in [3.8, 4) is 6.07 Å². The maximum Gasteiger partial charge on any atom is 0.339 e. The number of nitrogens with one attached hydrogen (secondary N) is 1. The Balaban J connectivity index is 1.50. The highest BCUT2D eigenvalue weighted by Crippen LogP contribution is 2.32. The fraction of sp³-hybridized carbons (Fsp3) is 0.280. The van der Waals surface area contributed by atoms with Gasteiger partial charge in [0.25, 0.3) is 5.91 Å². The molecule has 0 fully saturated rings. The van der Waals surface area contributed by atoms with Gasteiger partial charge in [0.2, 0.25) is 0 Å². The van der Waals surface area contributed by atoms with Gasteiger partial charge in [-0.15, -0.1) is 0 Å². The van der Waals surface area contributed by atoms with Gasteiger partial charge in [-0.2, -0.15) is 5.26 Å². The molecule has 1 N–H and O–H groups in total. The second-order valence-corrected chi connectivity index (χ2v) is 7.93. The number of hydrogen-bond donors (Lipinski definition) is 1. The Hall–Kier alpha value is -3.72. The Kier molecular flexibility index (Phi) is 5.94. The topological polar surface area (TPSA) is 92.1 Å². The minimum absolute atomic E-state index is 0.314. The van der Waals surface area contributed by atoms with Crippen LogP contribution in [0.1, 0.15) is 40.5 Å². The van der Waals surface area contributed by atoms with Crippen molar-refractivity contribution in [2.45, 2.75) is 32.6 Å². The van der Waals surface area contributed by atoms with Crippen LogP contribution in [0.15, 0.2) is 48.5 Å². The minimum Gasteiger partial charge on any atom is -0.452 e. The van der Waals surface area contributed by atoms with E-state index in [4.69, 9.17) is 15.0 Å². The molecule has 1 amide bonds. The summed E-state index contributed by atoms with van der Waals surface area (Å²) in [5.74, 6) is -0.445. The molecule has 1 heterocycles. The van der Waals surface area contributed by atoms with Crippen molar-refractivity contribution in [1.82, 2.24) is 4.98 Å². The first kappa shape index (κ1) is 20.5. The molecular formula is C25H23N3O3. The summed E-state index contributed by atoms with van der Waals surface area (Å²) in [4.78, 5) is 30.1. The Morgan fingerprint density at radius 3 is 2.74 bits per heavy atom. The molecule has 0 radical (unpaired) electrons. The summed E-state index contributed by atoms with van der Waals surface area (Å²) in [6, 6.07) is 16.6. The first-order valence-electron chi connectivity index (χ1n) is 10.4. The predicted octanol–water partition coefficient (Wildman–Crippen LogP) is 4.22. The van der Waals surface area contributed by atoms with Crippen LogP contribution in [0.4, 0.5) is 5.69 Å². The highest BCUT2D eigenvalue weighted by Gasteiger charge is 2.26. The lowest BCUT2D eigenvalue weighted by atomic mass is 9.84. The lowest BCUT2D eigenvalue weighted by Gasteiger charge is -2.24. The van der Waals surface area contributed by atoms with Crippen molar-refractivity contribution in [3.05, 3.63) is 70.9 Å². The number of carbonyl (C=O) groups excluding carboxylic acids is 2. The number of hydrogen-bond acceptors (Lipinski definition) is 5. The number of carbonyl (C=O) groups is 2. The summed E-state index contributed by atoms with van der Waals surface area (Å²) in [5.41, 5.74) is 4.64. The summed E-state index contributed by atoms with van der Waals surface area (Å²) in [7, 11) is 0. The zero-order valence-electron chi connectivity index (χ0n) is 17.4. The number of fused-ring (bicyclic) bond motifs is 2. The third-order valence-electron chi connectivity index (χ3n) is 5.56. The molecule has 0 bridgehead atoms. The number of rotatable bonds is 5. The third kappa shape index (κ3) is 4.56. The zero-order valence-corrected chi connectivity index (χ0v) is 17.4. The number of benzene rings is 2. The van der Waals surface area contributed by atoms with Gasteiger partial charge < -0.3 is 10.1 Å². The molecule has 2 aromatic carbocycles. The number of pyridine rings is 1. The van der Waals surface area contributed by atoms with E-state index in [1.807, 2.05) is 24.3 Å². The Morgan fingerprint density at radius 1 is 1.19 bits per heavy atom. The molecule has 0 saturated carbocycles. The van der Waals surface area contributed by atoms with Gasteiger partial charge in [-0.05, 0) is 54.5 Å². The van der Waals surface area contributed by atoms with E-state index in [0.29, 0.717) is 23.6 Å². The van der Waals surface area contributed by atoms with Crippen molar-refractivity contribution in [3.63, 3.8) is 0 Å². The van der Waals surface area contributed by atoms with Crippen molar-refractivity contribution in [2.75, 3.05) is 11.9 Å². The maximum atomic E-state index is 13.1. The first-order chi connectivity index (χ1) is 15.0. The summed E-state index contributed by atoms with van der Waals surface area (Å²) in [6.07, 6.45) is 2.97. The number of para-hydroxylation sites is 1. The van der Waals surface area contributed by atoms with Gasteiger partial charge in [-0.1, -0.05) is 37.3 Å². The highest BCUT2D eigenvalue weighted by molar-refractivity contribution is 6.06. The number of aromatic nitrogens is 1. The SMILES string of the molecule is C[C@@H]1CCc2nc3ccccc3c(C(=O)OCC(=O)Nc3ccc(CC#N)cc3)c2C1. The molecule has 4 rings (SSSR count).